The molecule has 82 valence electrons. The third kappa shape index (κ3) is 2.05. The molecular weight excluding hydrogens is 227 g/mol. The molecule has 0 saturated carbocycles. The third-order valence-corrected chi connectivity index (χ3v) is 2.64. The Hall–Kier alpha value is -1.45. The molecule has 1 aromatic carbocycles. The molecular formula is C12H10ClFN2. The van der Waals surface area contributed by atoms with Crippen molar-refractivity contribution in [2.75, 3.05) is 0 Å². The molecule has 0 amide bonds. The van der Waals surface area contributed by atoms with Gasteiger partial charge >= 0.3 is 0 Å². The van der Waals surface area contributed by atoms with Gasteiger partial charge < -0.3 is 5.73 Å². The van der Waals surface area contributed by atoms with Gasteiger partial charge in [-0.05, 0) is 18.2 Å². The number of rotatable bonds is 2. The van der Waals surface area contributed by atoms with E-state index in [9.17, 15) is 4.39 Å². The van der Waals surface area contributed by atoms with Crippen molar-refractivity contribution in [2.24, 2.45) is 5.73 Å². The van der Waals surface area contributed by atoms with Crippen LogP contribution in [-0.2, 0) is 0 Å². The van der Waals surface area contributed by atoms with E-state index in [2.05, 4.69) is 4.98 Å². The Bertz CT molecular complexity index is 456. The fraction of sp³-hybridized carbons (Fsp3) is 0.0833. The van der Waals surface area contributed by atoms with Crippen molar-refractivity contribution in [1.29, 1.82) is 0 Å². The second-order valence-corrected chi connectivity index (χ2v) is 3.78. The van der Waals surface area contributed by atoms with Crippen molar-refractivity contribution in [1.82, 2.24) is 4.98 Å². The predicted octanol–water partition coefficient (Wildman–Crippen LogP) is 2.92. The maximum absolute atomic E-state index is 13.5. The summed E-state index contributed by atoms with van der Waals surface area (Å²) in [4.78, 5) is 4.07. The maximum atomic E-state index is 13.5. The molecule has 0 saturated heterocycles. The lowest BCUT2D eigenvalue weighted by molar-refractivity contribution is 0.597. The molecule has 0 radical (unpaired) electrons. The molecule has 0 spiro atoms. The van der Waals surface area contributed by atoms with Crippen molar-refractivity contribution in [3.63, 3.8) is 0 Å². The monoisotopic (exact) mass is 236 g/mol. The smallest absolute Gasteiger partial charge is 0.128 e. The summed E-state index contributed by atoms with van der Waals surface area (Å²) in [5, 5.41) is 0.443. The molecule has 4 heteroatoms. The molecule has 0 aliphatic carbocycles. The van der Waals surface area contributed by atoms with Crippen LogP contribution in [0.4, 0.5) is 4.39 Å². The first-order valence-electron chi connectivity index (χ1n) is 4.80. The lowest BCUT2D eigenvalue weighted by atomic mass is 10.0. The summed E-state index contributed by atoms with van der Waals surface area (Å²) in [6.45, 7) is 0. The Morgan fingerprint density at radius 2 is 1.94 bits per heavy atom. The number of nitrogens with two attached hydrogens (primary N) is 1. The van der Waals surface area contributed by atoms with Crippen LogP contribution < -0.4 is 5.73 Å². The Morgan fingerprint density at radius 3 is 2.62 bits per heavy atom. The van der Waals surface area contributed by atoms with Gasteiger partial charge in [0.2, 0.25) is 0 Å². The van der Waals surface area contributed by atoms with E-state index in [1.54, 1.807) is 36.5 Å². The number of benzene rings is 1. The fourth-order valence-electron chi connectivity index (χ4n) is 1.50. The first-order chi connectivity index (χ1) is 7.70. The molecule has 0 fully saturated rings. The largest absolute Gasteiger partial charge is 0.319 e. The van der Waals surface area contributed by atoms with Crippen molar-refractivity contribution in [2.45, 2.75) is 6.04 Å². The van der Waals surface area contributed by atoms with Gasteiger partial charge in [0.15, 0.2) is 0 Å². The van der Waals surface area contributed by atoms with E-state index in [4.69, 9.17) is 17.3 Å². The predicted molar refractivity (Wildman–Crippen MR) is 61.7 cm³/mol. The van der Waals surface area contributed by atoms with Crippen molar-refractivity contribution >= 4 is 11.6 Å². The Kier molecular flexibility index (Phi) is 3.17. The van der Waals surface area contributed by atoms with Crippen LogP contribution in [0.25, 0.3) is 0 Å². The Balaban J connectivity index is 2.44. The molecule has 1 heterocycles. The van der Waals surface area contributed by atoms with Gasteiger partial charge in [0.25, 0.3) is 0 Å². The first-order valence-corrected chi connectivity index (χ1v) is 5.18. The second-order valence-electron chi connectivity index (χ2n) is 3.37. The van der Waals surface area contributed by atoms with Gasteiger partial charge in [-0.1, -0.05) is 29.8 Å². The zero-order valence-electron chi connectivity index (χ0n) is 8.40. The summed E-state index contributed by atoms with van der Waals surface area (Å²) in [7, 11) is 0. The number of hydrogen-bond acceptors (Lipinski definition) is 2. The molecule has 2 nitrogen and oxygen atoms in total. The Labute approximate surface area is 97.9 Å². The van der Waals surface area contributed by atoms with Crippen LogP contribution in [0.1, 0.15) is 17.3 Å². The molecule has 1 atom stereocenters. The standard InChI is InChI=1S/C12H10ClFN2/c13-9-5-3-7-16-12(9)11(15)8-4-1-2-6-10(8)14/h1-7,11H,15H2. The van der Waals surface area contributed by atoms with Crippen LogP contribution in [0.15, 0.2) is 42.6 Å². The average molecular weight is 237 g/mol. The van der Waals surface area contributed by atoms with E-state index in [0.29, 0.717) is 16.3 Å². The summed E-state index contributed by atoms with van der Waals surface area (Å²) in [6, 6.07) is 9.09. The van der Waals surface area contributed by atoms with Crippen LogP contribution in [0, 0.1) is 5.82 Å². The molecule has 0 aliphatic rings. The number of aromatic nitrogens is 1. The van der Waals surface area contributed by atoms with E-state index in [0.717, 1.165) is 0 Å². The lowest BCUT2D eigenvalue weighted by Gasteiger charge is -2.13. The summed E-state index contributed by atoms with van der Waals surface area (Å²) in [5.41, 5.74) is 6.80. The number of halogens is 2. The van der Waals surface area contributed by atoms with E-state index >= 15 is 0 Å². The molecule has 1 unspecified atom stereocenters. The summed E-state index contributed by atoms with van der Waals surface area (Å²) in [5.74, 6) is -0.350. The molecule has 16 heavy (non-hydrogen) atoms. The van der Waals surface area contributed by atoms with Crippen LogP contribution in [-0.4, -0.2) is 4.98 Å². The van der Waals surface area contributed by atoms with E-state index in [1.165, 1.54) is 6.07 Å². The highest BCUT2D eigenvalue weighted by Gasteiger charge is 2.16. The molecule has 2 aromatic rings. The van der Waals surface area contributed by atoms with Crippen molar-refractivity contribution < 1.29 is 4.39 Å². The molecule has 0 bridgehead atoms. The van der Waals surface area contributed by atoms with Crippen LogP contribution >= 0.6 is 11.6 Å². The SMILES string of the molecule is NC(c1ccccc1F)c1ncccc1Cl. The van der Waals surface area contributed by atoms with Gasteiger partial charge in [0.05, 0.1) is 16.8 Å². The van der Waals surface area contributed by atoms with Gasteiger partial charge in [0, 0.05) is 11.8 Å². The minimum atomic E-state index is -0.644. The fourth-order valence-corrected chi connectivity index (χ4v) is 1.74. The Morgan fingerprint density at radius 1 is 1.19 bits per heavy atom. The van der Waals surface area contributed by atoms with E-state index < -0.39 is 6.04 Å². The topological polar surface area (TPSA) is 38.9 Å². The average Bonchev–Trinajstić information content (AvgIpc) is 2.29. The zero-order chi connectivity index (χ0) is 11.5. The van der Waals surface area contributed by atoms with Gasteiger partial charge in [-0.2, -0.15) is 0 Å². The van der Waals surface area contributed by atoms with Gasteiger partial charge in [0.1, 0.15) is 5.82 Å². The van der Waals surface area contributed by atoms with E-state index in [1.807, 2.05) is 0 Å². The van der Waals surface area contributed by atoms with Crippen molar-refractivity contribution in [3.8, 4) is 0 Å². The second kappa shape index (κ2) is 4.60. The number of hydrogen-bond donors (Lipinski definition) is 1. The quantitative estimate of drug-likeness (QED) is 0.871. The molecule has 2 N–H and O–H groups in total. The van der Waals surface area contributed by atoms with Gasteiger partial charge in [-0.15, -0.1) is 0 Å². The molecule has 2 rings (SSSR count). The van der Waals surface area contributed by atoms with Crippen LogP contribution in [0.2, 0.25) is 5.02 Å². The zero-order valence-corrected chi connectivity index (χ0v) is 9.16. The number of nitrogens with zero attached hydrogens (tertiary/aromatic N) is 1. The minimum absolute atomic E-state index is 0.350. The first kappa shape index (κ1) is 11.0. The van der Waals surface area contributed by atoms with Crippen molar-refractivity contribution in [3.05, 3.63) is 64.7 Å². The van der Waals surface area contributed by atoms with Crippen LogP contribution in [0.5, 0.6) is 0 Å². The summed E-state index contributed by atoms with van der Waals surface area (Å²) >= 11 is 5.96. The number of pyridine rings is 1. The highest BCUT2D eigenvalue weighted by atomic mass is 35.5. The summed E-state index contributed by atoms with van der Waals surface area (Å²) in [6.07, 6.45) is 1.59. The maximum Gasteiger partial charge on any atom is 0.128 e. The third-order valence-electron chi connectivity index (χ3n) is 2.32. The molecule has 1 aromatic heterocycles. The highest BCUT2D eigenvalue weighted by molar-refractivity contribution is 6.31. The summed E-state index contributed by atoms with van der Waals surface area (Å²) < 4.78 is 13.5. The van der Waals surface area contributed by atoms with E-state index in [-0.39, 0.29) is 5.82 Å². The lowest BCUT2D eigenvalue weighted by Crippen LogP contribution is -2.15. The van der Waals surface area contributed by atoms with Gasteiger partial charge in [-0.3, -0.25) is 4.98 Å². The highest BCUT2D eigenvalue weighted by Crippen LogP contribution is 2.25. The van der Waals surface area contributed by atoms with Gasteiger partial charge in [-0.25, -0.2) is 4.39 Å². The normalized spacial score (nSPS) is 12.4. The minimum Gasteiger partial charge on any atom is -0.319 e. The van der Waals surface area contributed by atoms with Crippen LogP contribution in [0.3, 0.4) is 0 Å². The molecule has 0 aliphatic heterocycles.